The molecule has 1 atom stereocenters. The molecule has 0 saturated carbocycles. The predicted molar refractivity (Wildman–Crippen MR) is 89.4 cm³/mol. The number of methoxy groups -OCH3 is 1. The number of nitrogens with zero attached hydrogens (tertiary/aromatic N) is 2. The van der Waals surface area contributed by atoms with Gasteiger partial charge in [-0.1, -0.05) is 12.1 Å². The van der Waals surface area contributed by atoms with Crippen LogP contribution in [-0.2, 0) is 4.79 Å². The number of hydrogen-bond acceptors (Lipinski definition) is 6. The van der Waals surface area contributed by atoms with Crippen LogP contribution >= 0.6 is 11.3 Å². The van der Waals surface area contributed by atoms with Crippen molar-refractivity contribution in [3.8, 4) is 11.5 Å². The summed E-state index contributed by atoms with van der Waals surface area (Å²) in [6.07, 6.45) is 2.72. The summed E-state index contributed by atoms with van der Waals surface area (Å²) in [5.74, 6) is 1.07. The highest BCUT2D eigenvalue weighted by molar-refractivity contribution is 7.13. The molecule has 0 aliphatic carbocycles. The summed E-state index contributed by atoms with van der Waals surface area (Å²) >= 11 is 1.62. The number of amides is 1. The Bertz CT molecular complexity index is 648. The topological polar surface area (TPSA) is 63.7 Å². The lowest BCUT2D eigenvalue weighted by atomic mass is 10.2. The van der Waals surface area contributed by atoms with Crippen molar-refractivity contribution in [3.63, 3.8) is 0 Å². The number of hydrogen-bond donors (Lipinski definition) is 1. The molecule has 1 aromatic heterocycles. The first-order valence-electron chi connectivity index (χ1n) is 7.46. The highest BCUT2D eigenvalue weighted by Gasteiger charge is 2.25. The number of nitrogens with one attached hydrogen (secondary N) is 1. The molecule has 0 spiro atoms. The number of carbonyl (C=O) groups excluding carboxylic acids is 1. The first kappa shape index (κ1) is 15.6. The third-order valence-electron chi connectivity index (χ3n) is 3.67. The van der Waals surface area contributed by atoms with Gasteiger partial charge in [-0.05, 0) is 18.6 Å². The van der Waals surface area contributed by atoms with Crippen LogP contribution < -0.4 is 19.7 Å². The Balaban J connectivity index is 1.47. The van der Waals surface area contributed by atoms with Gasteiger partial charge >= 0.3 is 0 Å². The van der Waals surface area contributed by atoms with Crippen molar-refractivity contribution in [2.24, 2.45) is 0 Å². The van der Waals surface area contributed by atoms with Gasteiger partial charge in [-0.2, -0.15) is 0 Å². The summed E-state index contributed by atoms with van der Waals surface area (Å²) < 4.78 is 10.7. The molecule has 23 heavy (non-hydrogen) atoms. The lowest BCUT2D eigenvalue weighted by Gasteiger charge is -2.16. The number of rotatable bonds is 6. The second-order valence-electron chi connectivity index (χ2n) is 5.25. The largest absolute Gasteiger partial charge is 0.493 e. The summed E-state index contributed by atoms with van der Waals surface area (Å²) in [6, 6.07) is 7.42. The van der Waals surface area contributed by atoms with Crippen LogP contribution in [0.15, 0.2) is 35.8 Å². The minimum atomic E-state index is -0.123. The second kappa shape index (κ2) is 7.32. The molecule has 1 amide bonds. The average Bonchev–Trinajstić information content (AvgIpc) is 3.24. The molecule has 1 fully saturated rings. The molecule has 1 unspecified atom stereocenters. The van der Waals surface area contributed by atoms with E-state index < -0.39 is 0 Å². The summed E-state index contributed by atoms with van der Waals surface area (Å²) in [4.78, 5) is 18.5. The summed E-state index contributed by atoms with van der Waals surface area (Å²) in [6.45, 7) is 1.67. The second-order valence-corrected chi connectivity index (χ2v) is 6.13. The van der Waals surface area contributed by atoms with Crippen molar-refractivity contribution in [2.75, 3.05) is 31.7 Å². The Kier molecular flexibility index (Phi) is 4.97. The molecule has 7 heteroatoms. The Labute approximate surface area is 139 Å². The first-order valence-corrected chi connectivity index (χ1v) is 8.34. The summed E-state index contributed by atoms with van der Waals surface area (Å²) in [5, 5.41) is 5.98. The Hall–Kier alpha value is -2.28. The van der Waals surface area contributed by atoms with Crippen molar-refractivity contribution in [1.82, 2.24) is 10.3 Å². The maximum absolute atomic E-state index is 12.1. The maximum Gasteiger partial charge on any atom is 0.258 e. The third kappa shape index (κ3) is 3.92. The van der Waals surface area contributed by atoms with Crippen LogP contribution in [0.4, 0.5) is 5.13 Å². The van der Waals surface area contributed by atoms with Gasteiger partial charge < -0.3 is 19.7 Å². The Morgan fingerprint density at radius 2 is 2.26 bits per heavy atom. The zero-order valence-corrected chi connectivity index (χ0v) is 13.7. The molecule has 6 nitrogen and oxygen atoms in total. The van der Waals surface area contributed by atoms with Crippen LogP contribution in [0.25, 0.3) is 0 Å². The van der Waals surface area contributed by atoms with E-state index in [1.54, 1.807) is 36.8 Å². The van der Waals surface area contributed by atoms with Gasteiger partial charge in [0.1, 0.15) is 0 Å². The lowest BCUT2D eigenvalue weighted by Crippen LogP contribution is -2.39. The minimum absolute atomic E-state index is 0.0197. The first-order chi connectivity index (χ1) is 11.3. The molecule has 2 heterocycles. The zero-order chi connectivity index (χ0) is 16.1. The van der Waals surface area contributed by atoms with Crippen LogP contribution in [0.3, 0.4) is 0 Å². The quantitative estimate of drug-likeness (QED) is 0.875. The van der Waals surface area contributed by atoms with Crippen LogP contribution in [-0.4, -0.2) is 43.7 Å². The van der Waals surface area contributed by atoms with Crippen LogP contribution in [0.1, 0.15) is 6.42 Å². The molecular weight excluding hydrogens is 314 g/mol. The van der Waals surface area contributed by atoms with Gasteiger partial charge in [0.25, 0.3) is 5.91 Å². The Morgan fingerprint density at radius 3 is 3.00 bits per heavy atom. The van der Waals surface area contributed by atoms with E-state index in [1.807, 2.05) is 17.5 Å². The standard InChI is InChI=1S/C16H19N3O3S/c1-21-13-4-2-3-5-14(13)22-11-15(20)18-12-6-8-19(10-12)16-17-7-9-23-16/h2-5,7,9,12H,6,8,10-11H2,1H3,(H,18,20). The van der Waals surface area contributed by atoms with Crippen LogP contribution in [0.2, 0.25) is 0 Å². The fourth-order valence-corrected chi connectivity index (χ4v) is 3.25. The van der Waals surface area contributed by atoms with Crippen molar-refractivity contribution in [2.45, 2.75) is 12.5 Å². The highest BCUT2D eigenvalue weighted by Crippen LogP contribution is 2.25. The molecule has 1 aromatic carbocycles. The number of thiazole rings is 1. The van der Waals surface area contributed by atoms with E-state index in [0.717, 1.165) is 24.6 Å². The van der Waals surface area contributed by atoms with Crippen molar-refractivity contribution >= 4 is 22.4 Å². The molecule has 1 aliphatic heterocycles. The Morgan fingerprint density at radius 1 is 1.43 bits per heavy atom. The fourth-order valence-electron chi connectivity index (χ4n) is 2.57. The number of aromatic nitrogens is 1. The molecule has 2 aromatic rings. The highest BCUT2D eigenvalue weighted by atomic mass is 32.1. The van der Waals surface area contributed by atoms with E-state index in [2.05, 4.69) is 15.2 Å². The van der Waals surface area contributed by atoms with E-state index >= 15 is 0 Å². The molecule has 122 valence electrons. The SMILES string of the molecule is COc1ccccc1OCC(=O)NC1CCN(c2nccs2)C1. The van der Waals surface area contributed by atoms with Gasteiger partial charge in [-0.15, -0.1) is 11.3 Å². The minimum Gasteiger partial charge on any atom is -0.493 e. The predicted octanol–water partition coefficient (Wildman–Crippen LogP) is 1.93. The van der Waals surface area contributed by atoms with E-state index in [1.165, 1.54) is 0 Å². The molecule has 1 saturated heterocycles. The molecule has 3 rings (SSSR count). The smallest absolute Gasteiger partial charge is 0.258 e. The van der Waals surface area contributed by atoms with Gasteiger partial charge in [-0.25, -0.2) is 4.98 Å². The number of anilines is 1. The van der Waals surface area contributed by atoms with Crippen molar-refractivity contribution in [3.05, 3.63) is 35.8 Å². The van der Waals surface area contributed by atoms with E-state index in [0.29, 0.717) is 11.5 Å². The summed E-state index contributed by atoms with van der Waals surface area (Å²) in [7, 11) is 1.58. The van der Waals surface area contributed by atoms with E-state index in [-0.39, 0.29) is 18.6 Å². The van der Waals surface area contributed by atoms with Gasteiger partial charge in [0, 0.05) is 30.7 Å². The number of benzene rings is 1. The molecule has 0 radical (unpaired) electrons. The van der Waals surface area contributed by atoms with E-state index in [9.17, 15) is 4.79 Å². The fraction of sp³-hybridized carbons (Fsp3) is 0.375. The molecule has 1 N–H and O–H groups in total. The maximum atomic E-state index is 12.1. The van der Waals surface area contributed by atoms with Gasteiger partial charge in [-0.3, -0.25) is 4.79 Å². The number of carbonyl (C=O) groups is 1. The van der Waals surface area contributed by atoms with Gasteiger partial charge in [0.15, 0.2) is 23.2 Å². The van der Waals surface area contributed by atoms with E-state index in [4.69, 9.17) is 9.47 Å². The molecule has 1 aliphatic rings. The zero-order valence-electron chi connectivity index (χ0n) is 12.9. The summed E-state index contributed by atoms with van der Waals surface area (Å²) in [5.41, 5.74) is 0. The normalized spacial score (nSPS) is 17.1. The van der Waals surface area contributed by atoms with Gasteiger partial charge in [0.05, 0.1) is 7.11 Å². The van der Waals surface area contributed by atoms with Crippen LogP contribution in [0.5, 0.6) is 11.5 Å². The number of para-hydroxylation sites is 2. The lowest BCUT2D eigenvalue weighted by molar-refractivity contribution is -0.123. The van der Waals surface area contributed by atoms with Gasteiger partial charge in [0.2, 0.25) is 0 Å². The molecule has 0 bridgehead atoms. The third-order valence-corrected chi connectivity index (χ3v) is 4.50. The van der Waals surface area contributed by atoms with Crippen LogP contribution in [0, 0.1) is 0 Å². The average molecular weight is 333 g/mol. The molecular formula is C16H19N3O3S. The van der Waals surface area contributed by atoms with Crippen molar-refractivity contribution < 1.29 is 14.3 Å². The number of ether oxygens (including phenoxy) is 2. The monoisotopic (exact) mass is 333 g/mol. The van der Waals surface area contributed by atoms with Crippen molar-refractivity contribution in [1.29, 1.82) is 0 Å².